The van der Waals surface area contributed by atoms with Gasteiger partial charge in [0.25, 0.3) is 0 Å². The van der Waals surface area contributed by atoms with E-state index in [9.17, 15) is 18.0 Å². The molecule has 0 spiro atoms. The highest BCUT2D eigenvalue weighted by Crippen LogP contribution is 2.36. The number of amides is 1. The molecule has 1 saturated carbocycles. The van der Waals surface area contributed by atoms with Gasteiger partial charge in [0.1, 0.15) is 0 Å². The summed E-state index contributed by atoms with van der Waals surface area (Å²) in [4.78, 5) is 24.5. The van der Waals surface area contributed by atoms with Gasteiger partial charge in [0.15, 0.2) is 15.7 Å². The van der Waals surface area contributed by atoms with Crippen molar-refractivity contribution in [3.05, 3.63) is 76.4 Å². The Hall–Kier alpha value is -3.17. The molecule has 0 bridgehead atoms. The molecule has 3 aromatic rings. The van der Waals surface area contributed by atoms with Crippen LogP contribution >= 0.6 is 11.6 Å². The molecule has 1 atom stereocenters. The molecule has 0 saturated heterocycles. The highest BCUT2D eigenvalue weighted by atomic mass is 35.5. The fraction of sp³-hybridized carbons (Fsp3) is 0.346. The Kier molecular flexibility index (Phi) is 7.80. The lowest BCUT2D eigenvalue weighted by molar-refractivity contribution is -0.118. The van der Waals surface area contributed by atoms with Crippen LogP contribution in [0, 0.1) is 5.92 Å². The lowest BCUT2D eigenvalue weighted by Gasteiger charge is -2.21. The van der Waals surface area contributed by atoms with E-state index in [0.717, 1.165) is 37.5 Å². The molecule has 1 aromatic heterocycles. The van der Waals surface area contributed by atoms with Gasteiger partial charge in [-0.25, -0.2) is 13.2 Å². The second-order valence-corrected chi connectivity index (χ2v) is 11.7. The molecule has 2 aromatic carbocycles. The Morgan fingerprint density at radius 2 is 1.83 bits per heavy atom. The lowest BCUT2D eigenvalue weighted by Crippen LogP contribution is -2.23. The van der Waals surface area contributed by atoms with Crippen LogP contribution in [0.15, 0.2) is 59.6 Å². The summed E-state index contributed by atoms with van der Waals surface area (Å²) < 4.78 is 25.6. The summed E-state index contributed by atoms with van der Waals surface area (Å²) in [5.74, 6) is -0.878. The smallest absolute Gasteiger partial charge is 0.335 e. The van der Waals surface area contributed by atoms with Gasteiger partial charge in [-0.3, -0.25) is 9.48 Å². The van der Waals surface area contributed by atoms with Crippen molar-refractivity contribution in [2.75, 3.05) is 11.6 Å². The molecular weight excluding hydrogens is 502 g/mol. The Morgan fingerprint density at radius 1 is 1.14 bits per heavy atom. The van der Waals surface area contributed by atoms with Crippen molar-refractivity contribution in [2.24, 2.45) is 5.92 Å². The number of hydrogen-bond donors (Lipinski definition) is 2. The van der Waals surface area contributed by atoms with E-state index in [4.69, 9.17) is 16.7 Å². The van der Waals surface area contributed by atoms with Crippen LogP contribution in [0.25, 0.3) is 0 Å². The van der Waals surface area contributed by atoms with Crippen molar-refractivity contribution in [1.82, 2.24) is 9.78 Å². The first kappa shape index (κ1) is 25.9. The molecule has 1 unspecified atom stereocenters. The van der Waals surface area contributed by atoms with Gasteiger partial charge in [-0.15, -0.1) is 0 Å². The summed E-state index contributed by atoms with van der Waals surface area (Å²) in [5.41, 5.74) is 1.76. The molecule has 10 heteroatoms. The zero-order valence-corrected chi connectivity index (χ0v) is 21.4. The molecule has 0 radical (unpaired) electrons. The van der Waals surface area contributed by atoms with E-state index in [1.807, 2.05) is 0 Å². The monoisotopic (exact) mass is 529 g/mol. The van der Waals surface area contributed by atoms with Gasteiger partial charge < -0.3 is 10.4 Å². The number of halogens is 1. The quantitative estimate of drug-likeness (QED) is 0.403. The molecule has 1 aliphatic carbocycles. The van der Waals surface area contributed by atoms with Gasteiger partial charge in [0.2, 0.25) is 5.91 Å². The average molecular weight is 530 g/mol. The number of anilines is 1. The maximum Gasteiger partial charge on any atom is 0.335 e. The number of carbonyl (C=O) groups excluding carboxylic acids is 1. The predicted octanol–water partition coefficient (Wildman–Crippen LogP) is 4.99. The number of hydrogen-bond acceptors (Lipinski definition) is 5. The number of benzene rings is 2. The Bertz CT molecular complexity index is 1360. The number of sulfone groups is 1. The number of carboxylic acids is 1. The minimum atomic E-state index is -3.47. The highest BCUT2D eigenvalue weighted by Gasteiger charge is 2.28. The first-order valence-corrected chi connectivity index (χ1v) is 14.0. The Labute approximate surface area is 215 Å². The second-order valence-electron chi connectivity index (χ2n) is 9.29. The second kappa shape index (κ2) is 10.8. The van der Waals surface area contributed by atoms with Gasteiger partial charge >= 0.3 is 5.97 Å². The number of nitrogens with one attached hydrogen (secondary N) is 1. The van der Waals surface area contributed by atoms with Crippen molar-refractivity contribution in [3.63, 3.8) is 0 Å². The van der Waals surface area contributed by atoms with E-state index < -0.39 is 21.7 Å². The van der Waals surface area contributed by atoms with Crippen molar-refractivity contribution in [3.8, 4) is 0 Å². The molecular formula is C26H28ClN3O5S. The largest absolute Gasteiger partial charge is 0.478 e. The molecule has 8 nitrogen and oxygen atoms in total. The SMILES string of the molecule is CS(=O)(=O)c1ccc(C(CC2CCCC2)C(=O)Nc2ccn(Cc3ccc(C(=O)O)cc3)n2)cc1Cl. The van der Waals surface area contributed by atoms with Crippen LogP contribution in [0.1, 0.15) is 59.5 Å². The molecule has 190 valence electrons. The van der Waals surface area contributed by atoms with E-state index in [-0.39, 0.29) is 21.4 Å². The highest BCUT2D eigenvalue weighted by molar-refractivity contribution is 7.90. The molecule has 1 fully saturated rings. The van der Waals surface area contributed by atoms with Gasteiger partial charge in [-0.05, 0) is 47.7 Å². The number of carboxylic acid groups (broad SMARTS) is 1. The van der Waals surface area contributed by atoms with Crippen molar-refractivity contribution < 1.29 is 23.1 Å². The average Bonchev–Trinajstić information content (AvgIpc) is 3.49. The van der Waals surface area contributed by atoms with Gasteiger partial charge in [-0.1, -0.05) is 55.5 Å². The van der Waals surface area contributed by atoms with Crippen LogP contribution in [0.2, 0.25) is 5.02 Å². The summed E-state index contributed by atoms with van der Waals surface area (Å²) in [6, 6.07) is 12.9. The molecule has 1 aliphatic rings. The molecule has 0 aliphatic heterocycles. The van der Waals surface area contributed by atoms with Gasteiger partial charge in [-0.2, -0.15) is 5.10 Å². The lowest BCUT2D eigenvalue weighted by atomic mass is 9.87. The third-order valence-corrected chi connectivity index (χ3v) is 8.14. The van der Waals surface area contributed by atoms with Crippen molar-refractivity contribution in [2.45, 2.75) is 49.5 Å². The number of aromatic nitrogens is 2. The number of nitrogens with zero attached hydrogens (tertiary/aromatic N) is 2. The van der Waals surface area contributed by atoms with E-state index in [0.29, 0.717) is 30.3 Å². The van der Waals surface area contributed by atoms with E-state index >= 15 is 0 Å². The third kappa shape index (κ3) is 6.33. The molecule has 36 heavy (non-hydrogen) atoms. The van der Waals surface area contributed by atoms with Gasteiger partial charge in [0, 0.05) is 18.5 Å². The van der Waals surface area contributed by atoms with Crippen molar-refractivity contribution in [1.29, 1.82) is 0 Å². The summed E-state index contributed by atoms with van der Waals surface area (Å²) in [6.45, 7) is 0.420. The molecule has 4 rings (SSSR count). The van der Waals surface area contributed by atoms with Crippen LogP contribution in [-0.4, -0.2) is 41.4 Å². The Balaban J connectivity index is 1.50. The molecule has 1 amide bonds. The first-order valence-electron chi connectivity index (χ1n) is 11.8. The zero-order valence-electron chi connectivity index (χ0n) is 19.9. The van der Waals surface area contributed by atoms with Crippen LogP contribution in [-0.2, 0) is 21.2 Å². The van der Waals surface area contributed by atoms with E-state index in [1.54, 1.807) is 41.2 Å². The zero-order chi connectivity index (χ0) is 25.9. The fourth-order valence-electron chi connectivity index (χ4n) is 4.68. The number of rotatable bonds is 9. The number of aromatic carboxylic acids is 1. The van der Waals surface area contributed by atoms with Crippen molar-refractivity contribution >= 4 is 39.1 Å². The van der Waals surface area contributed by atoms with E-state index in [2.05, 4.69) is 10.4 Å². The van der Waals surface area contributed by atoms with Gasteiger partial charge in [0.05, 0.1) is 27.9 Å². The van der Waals surface area contributed by atoms with Crippen LogP contribution in [0.3, 0.4) is 0 Å². The normalized spacial score (nSPS) is 15.1. The van der Waals surface area contributed by atoms with E-state index in [1.165, 1.54) is 18.2 Å². The maximum atomic E-state index is 13.4. The summed E-state index contributed by atoms with van der Waals surface area (Å²) in [7, 11) is -3.47. The summed E-state index contributed by atoms with van der Waals surface area (Å²) in [6.07, 6.45) is 7.91. The van der Waals surface area contributed by atoms with Crippen LogP contribution in [0.4, 0.5) is 5.82 Å². The first-order chi connectivity index (χ1) is 17.1. The molecule has 2 N–H and O–H groups in total. The Morgan fingerprint density at radius 3 is 2.44 bits per heavy atom. The predicted molar refractivity (Wildman–Crippen MR) is 137 cm³/mol. The standard InChI is InChI=1S/C26H28ClN3O5S/c1-36(34,35)23-11-10-20(15-22(23)27)21(14-17-4-2-3-5-17)25(31)28-24-12-13-30(29-24)16-18-6-8-19(9-7-18)26(32)33/h6-13,15,17,21H,2-5,14,16H2,1H3,(H,32,33)(H,28,29,31). The summed E-state index contributed by atoms with van der Waals surface area (Å²) >= 11 is 6.29. The molecule has 1 heterocycles. The maximum absolute atomic E-state index is 13.4. The fourth-order valence-corrected chi connectivity index (χ4v) is 6.02. The third-order valence-electron chi connectivity index (χ3n) is 6.56. The number of carbonyl (C=O) groups is 2. The minimum absolute atomic E-state index is 0.0445. The van der Waals surface area contributed by atoms with Crippen LogP contribution in [0.5, 0.6) is 0 Å². The topological polar surface area (TPSA) is 118 Å². The van der Waals surface area contributed by atoms with Crippen LogP contribution < -0.4 is 5.32 Å². The summed E-state index contributed by atoms with van der Waals surface area (Å²) in [5, 5.41) is 16.5. The minimum Gasteiger partial charge on any atom is -0.478 e.